The lowest BCUT2D eigenvalue weighted by Crippen LogP contribution is -2.44. The van der Waals surface area contributed by atoms with Crippen LogP contribution < -0.4 is 4.90 Å². The molecule has 1 heterocycles. The number of anilines is 1. The fraction of sp³-hybridized carbons (Fsp3) is 0.318. The van der Waals surface area contributed by atoms with Gasteiger partial charge in [0.25, 0.3) is 5.91 Å². The zero-order chi connectivity index (χ0) is 24.2. The van der Waals surface area contributed by atoms with Crippen LogP contribution in [0.4, 0.5) is 18.9 Å². The summed E-state index contributed by atoms with van der Waals surface area (Å²) in [5.41, 5.74) is -0.291. The van der Waals surface area contributed by atoms with E-state index in [1.165, 1.54) is 21.8 Å². The second kappa shape index (κ2) is 10.2. The zero-order valence-corrected chi connectivity index (χ0v) is 18.4. The number of carbonyl (C=O) groups is 3. The van der Waals surface area contributed by atoms with E-state index in [1.807, 2.05) is 0 Å². The van der Waals surface area contributed by atoms with Gasteiger partial charge in [-0.15, -0.1) is 0 Å². The van der Waals surface area contributed by atoms with E-state index in [2.05, 4.69) is 0 Å². The summed E-state index contributed by atoms with van der Waals surface area (Å²) in [6.07, 6.45) is -4.52. The largest absolute Gasteiger partial charge is 0.416 e. The summed E-state index contributed by atoms with van der Waals surface area (Å²) in [6.45, 7) is -0.342. The van der Waals surface area contributed by atoms with Gasteiger partial charge >= 0.3 is 6.18 Å². The number of nitrogens with zero attached hydrogens (tertiary/aromatic N) is 3. The monoisotopic (exact) mass is 483 g/mol. The molecule has 33 heavy (non-hydrogen) atoms. The van der Waals surface area contributed by atoms with Crippen LogP contribution in [0, 0.1) is 0 Å². The quantitative estimate of drug-likeness (QED) is 0.606. The van der Waals surface area contributed by atoms with Crippen molar-refractivity contribution >= 4 is 35.0 Å². The molecule has 1 fully saturated rings. The molecule has 2 aromatic rings. The van der Waals surface area contributed by atoms with Crippen molar-refractivity contribution in [2.75, 3.05) is 44.9 Å². The van der Waals surface area contributed by atoms with Gasteiger partial charge in [-0.3, -0.25) is 19.3 Å². The van der Waals surface area contributed by atoms with E-state index >= 15 is 0 Å². The Bertz CT molecular complexity index is 1010. The number of alkyl halides is 3. The van der Waals surface area contributed by atoms with Gasteiger partial charge in [0.2, 0.25) is 11.8 Å². The van der Waals surface area contributed by atoms with Crippen molar-refractivity contribution < 1.29 is 32.3 Å². The summed E-state index contributed by atoms with van der Waals surface area (Å²) in [6, 6.07) is 10.3. The Kier molecular flexibility index (Phi) is 7.60. The highest BCUT2D eigenvalue weighted by Crippen LogP contribution is 2.29. The van der Waals surface area contributed by atoms with Crippen LogP contribution in [-0.2, 0) is 20.5 Å². The molecule has 0 unspecified atom stereocenters. The number of methoxy groups -OCH3 is 1. The first kappa shape index (κ1) is 24.5. The lowest BCUT2D eigenvalue weighted by molar-refractivity contribution is -0.137. The predicted molar refractivity (Wildman–Crippen MR) is 115 cm³/mol. The highest BCUT2D eigenvalue weighted by molar-refractivity contribution is 6.30. The number of hydrogen-bond donors (Lipinski definition) is 0. The summed E-state index contributed by atoms with van der Waals surface area (Å²) in [4.78, 5) is 42.0. The van der Waals surface area contributed by atoms with E-state index in [0.717, 1.165) is 24.3 Å². The standard InChI is InChI=1S/C22H21ClF3N3O4/c1-33-11-10-27(21(32)15-2-4-16(5-3-15)22(24,25)26)12-19(30)28-13-20(31)29(14-28)18-8-6-17(23)7-9-18/h2-9H,10-14H2,1H3. The van der Waals surface area contributed by atoms with Gasteiger partial charge in [0.05, 0.1) is 12.2 Å². The summed E-state index contributed by atoms with van der Waals surface area (Å²) < 4.78 is 43.4. The van der Waals surface area contributed by atoms with E-state index in [-0.39, 0.29) is 44.4 Å². The summed E-state index contributed by atoms with van der Waals surface area (Å²) in [5, 5.41) is 0.508. The minimum atomic E-state index is -4.52. The molecule has 3 amide bonds. The maximum atomic E-state index is 12.9. The number of amides is 3. The van der Waals surface area contributed by atoms with Crippen molar-refractivity contribution in [3.05, 3.63) is 64.7 Å². The first-order valence-electron chi connectivity index (χ1n) is 9.89. The molecule has 0 aromatic heterocycles. The number of ether oxygens (including phenoxy) is 1. The van der Waals surface area contributed by atoms with Crippen molar-refractivity contribution in [3.8, 4) is 0 Å². The zero-order valence-electron chi connectivity index (χ0n) is 17.6. The van der Waals surface area contributed by atoms with Crippen molar-refractivity contribution in [2.45, 2.75) is 6.18 Å². The molecule has 0 N–H and O–H groups in total. The van der Waals surface area contributed by atoms with Crippen LogP contribution in [0.5, 0.6) is 0 Å². The molecule has 0 atom stereocenters. The molecule has 1 saturated heterocycles. The van der Waals surface area contributed by atoms with Crippen molar-refractivity contribution in [1.29, 1.82) is 0 Å². The van der Waals surface area contributed by atoms with E-state index < -0.39 is 23.6 Å². The van der Waals surface area contributed by atoms with Crippen LogP contribution in [0.1, 0.15) is 15.9 Å². The number of halogens is 4. The number of carbonyl (C=O) groups excluding carboxylic acids is 3. The van der Waals surface area contributed by atoms with Crippen LogP contribution in [-0.4, -0.2) is 67.5 Å². The minimum absolute atomic E-state index is 0.00584. The second-order valence-corrected chi connectivity index (χ2v) is 7.76. The van der Waals surface area contributed by atoms with E-state index in [1.54, 1.807) is 24.3 Å². The smallest absolute Gasteiger partial charge is 0.383 e. The summed E-state index contributed by atoms with van der Waals surface area (Å²) in [5.74, 6) is -1.38. The highest BCUT2D eigenvalue weighted by Gasteiger charge is 2.34. The topological polar surface area (TPSA) is 70.2 Å². The molecule has 7 nitrogen and oxygen atoms in total. The lowest BCUT2D eigenvalue weighted by Gasteiger charge is -2.25. The van der Waals surface area contributed by atoms with E-state index in [4.69, 9.17) is 16.3 Å². The molecular formula is C22H21ClF3N3O4. The number of rotatable bonds is 7. The normalized spacial score (nSPS) is 14.0. The Morgan fingerprint density at radius 2 is 1.73 bits per heavy atom. The Morgan fingerprint density at radius 1 is 1.09 bits per heavy atom. The maximum absolute atomic E-state index is 12.9. The SMILES string of the molecule is COCCN(CC(=O)N1CC(=O)N(c2ccc(Cl)cc2)C1)C(=O)c1ccc(C(F)(F)F)cc1. The first-order valence-corrected chi connectivity index (χ1v) is 10.3. The van der Waals surface area contributed by atoms with Gasteiger partial charge in [-0.25, -0.2) is 0 Å². The molecule has 0 saturated carbocycles. The fourth-order valence-corrected chi connectivity index (χ4v) is 3.39. The van der Waals surface area contributed by atoms with Gasteiger partial charge in [0, 0.05) is 29.9 Å². The van der Waals surface area contributed by atoms with Gasteiger partial charge in [-0.1, -0.05) is 11.6 Å². The highest BCUT2D eigenvalue weighted by atomic mass is 35.5. The average molecular weight is 484 g/mol. The first-order chi connectivity index (χ1) is 15.6. The van der Waals surface area contributed by atoms with Gasteiger partial charge in [0.15, 0.2) is 0 Å². The van der Waals surface area contributed by atoms with Crippen molar-refractivity contribution in [2.24, 2.45) is 0 Å². The van der Waals surface area contributed by atoms with E-state index in [9.17, 15) is 27.6 Å². The van der Waals surface area contributed by atoms with E-state index in [0.29, 0.717) is 10.7 Å². The van der Waals surface area contributed by atoms with Gasteiger partial charge < -0.3 is 14.5 Å². The molecular weight excluding hydrogens is 463 g/mol. The third-order valence-electron chi connectivity index (χ3n) is 5.07. The lowest BCUT2D eigenvalue weighted by atomic mass is 10.1. The van der Waals surface area contributed by atoms with Gasteiger partial charge in [-0.05, 0) is 48.5 Å². The fourth-order valence-electron chi connectivity index (χ4n) is 3.26. The predicted octanol–water partition coefficient (Wildman–Crippen LogP) is 3.28. The Morgan fingerprint density at radius 3 is 2.30 bits per heavy atom. The molecule has 0 aliphatic carbocycles. The van der Waals surface area contributed by atoms with Crippen LogP contribution in [0.2, 0.25) is 5.02 Å². The molecule has 2 aromatic carbocycles. The van der Waals surface area contributed by atoms with Crippen molar-refractivity contribution in [3.63, 3.8) is 0 Å². The van der Waals surface area contributed by atoms with Crippen LogP contribution in [0.15, 0.2) is 48.5 Å². The maximum Gasteiger partial charge on any atom is 0.416 e. The van der Waals surface area contributed by atoms with Crippen LogP contribution in [0.25, 0.3) is 0 Å². The molecule has 3 rings (SSSR count). The van der Waals surface area contributed by atoms with Gasteiger partial charge in [-0.2, -0.15) is 13.2 Å². The summed E-state index contributed by atoms with van der Waals surface area (Å²) >= 11 is 5.87. The third-order valence-corrected chi connectivity index (χ3v) is 5.32. The van der Waals surface area contributed by atoms with Crippen molar-refractivity contribution in [1.82, 2.24) is 9.80 Å². The van der Waals surface area contributed by atoms with Crippen LogP contribution >= 0.6 is 11.6 Å². The molecule has 0 spiro atoms. The molecule has 11 heteroatoms. The number of benzene rings is 2. The Hall–Kier alpha value is -3.11. The Balaban J connectivity index is 1.70. The summed E-state index contributed by atoms with van der Waals surface area (Å²) in [7, 11) is 1.42. The third kappa shape index (κ3) is 6.02. The number of hydrogen-bond acceptors (Lipinski definition) is 4. The van der Waals surface area contributed by atoms with Gasteiger partial charge in [0.1, 0.15) is 19.8 Å². The second-order valence-electron chi connectivity index (χ2n) is 7.33. The molecule has 1 aliphatic rings. The molecule has 1 aliphatic heterocycles. The Labute approximate surface area is 193 Å². The molecule has 176 valence electrons. The average Bonchev–Trinajstić information content (AvgIpc) is 3.17. The van der Waals surface area contributed by atoms with Crippen LogP contribution in [0.3, 0.4) is 0 Å². The minimum Gasteiger partial charge on any atom is -0.383 e. The molecule has 0 bridgehead atoms. The molecule has 0 radical (unpaired) electrons.